The van der Waals surface area contributed by atoms with Crippen molar-refractivity contribution >= 4 is 17.6 Å². The van der Waals surface area contributed by atoms with Crippen LogP contribution in [0.1, 0.15) is 25.8 Å². The van der Waals surface area contributed by atoms with E-state index in [-0.39, 0.29) is 5.03 Å². The maximum Gasteiger partial charge on any atom is 0.349 e. The van der Waals surface area contributed by atoms with Crippen molar-refractivity contribution in [3.8, 4) is 0 Å². The van der Waals surface area contributed by atoms with E-state index >= 15 is 0 Å². The highest BCUT2D eigenvalue weighted by molar-refractivity contribution is 6.40. The molecule has 1 aromatic carbocycles. The quantitative estimate of drug-likeness (QED) is 0.590. The third-order valence-electron chi connectivity index (χ3n) is 2.45. The number of aryl methyl sites for hydroxylation is 1. The van der Waals surface area contributed by atoms with Crippen LogP contribution in [0.15, 0.2) is 41.9 Å². The third kappa shape index (κ3) is 5.05. The Hall–Kier alpha value is -1.28. The van der Waals surface area contributed by atoms with Gasteiger partial charge in [-0.25, -0.2) is 4.79 Å². The second-order valence-corrected chi connectivity index (χ2v) is 5.00. The first-order chi connectivity index (χ1) is 7.91. The van der Waals surface area contributed by atoms with Gasteiger partial charge in [-0.3, -0.25) is 0 Å². The Morgan fingerprint density at radius 3 is 2.47 bits per heavy atom. The highest BCUT2D eigenvalue weighted by Crippen LogP contribution is 2.20. The summed E-state index contributed by atoms with van der Waals surface area (Å²) in [5.74, 6) is -0.551. The Balaban J connectivity index is 2.50. The molecule has 0 aromatic heterocycles. The number of benzene rings is 1. The lowest BCUT2D eigenvalue weighted by molar-refractivity contribution is -0.151. The van der Waals surface area contributed by atoms with Crippen LogP contribution < -0.4 is 0 Å². The zero-order chi connectivity index (χ0) is 12.9. The van der Waals surface area contributed by atoms with Crippen LogP contribution in [0.5, 0.6) is 0 Å². The van der Waals surface area contributed by atoms with Gasteiger partial charge in [0.05, 0.1) is 0 Å². The molecule has 0 bridgehead atoms. The zero-order valence-corrected chi connectivity index (χ0v) is 11.0. The minimum Gasteiger partial charge on any atom is -0.455 e. The molecule has 0 saturated heterocycles. The van der Waals surface area contributed by atoms with Crippen molar-refractivity contribution in [3.05, 3.63) is 47.5 Å². The van der Waals surface area contributed by atoms with Crippen LogP contribution in [0.2, 0.25) is 0 Å². The summed E-state index contributed by atoms with van der Waals surface area (Å²) in [4.78, 5) is 11.3. The van der Waals surface area contributed by atoms with Gasteiger partial charge in [0.1, 0.15) is 10.6 Å². The van der Waals surface area contributed by atoms with Crippen molar-refractivity contribution in [1.29, 1.82) is 0 Å². The van der Waals surface area contributed by atoms with Crippen LogP contribution in [-0.4, -0.2) is 11.6 Å². The average molecular weight is 253 g/mol. The highest BCUT2D eigenvalue weighted by atomic mass is 35.5. The molecule has 0 spiro atoms. The van der Waals surface area contributed by atoms with Crippen molar-refractivity contribution in [2.45, 2.75) is 32.3 Å². The number of carbonyl (C=O) groups is 1. The fraction of sp³-hybridized carbons (Fsp3) is 0.357. The van der Waals surface area contributed by atoms with Crippen LogP contribution in [0.4, 0.5) is 0 Å². The Morgan fingerprint density at radius 1 is 1.35 bits per heavy atom. The molecule has 0 aliphatic heterocycles. The Bertz CT molecular complexity index is 396. The summed E-state index contributed by atoms with van der Waals surface area (Å²) in [7, 11) is 0. The number of esters is 1. The van der Waals surface area contributed by atoms with E-state index in [1.165, 1.54) is 5.56 Å². The van der Waals surface area contributed by atoms with E-state index in [1.807, 2.05) is 32.0 Å². The van der Waals surface area contributed by atoms with E-state index in [2.05, 4.69) is 18.7 Å². The first kappa shape index (κ1) is 13.8. The summed E-state index contributed by atoms with van der Waals surface area (Å²) in [5, 5.41) is -0.0854. The monoisotopic (exact) mass is 252 g/mol. The number of rotatable bonds is 5. The van der Waals surface area contributed by atoms with Crippen molar-refractivity contribution in [1.82, 2.24) is 0 Å². The first-order valence-electron chi connectivity index (χ1n) is 5.52. The lowest BCUT2D eigenvalue weighted by Crippen LogP contribution is -2.28. The molecule has 0 aliphatic carbocycles. The van der Waals surface area contributed by atoms with Crippen LogP contribution in [0.3, 0.4) is 0 Å². The smallest absolute Gasteiger partial charge is 0.349 e. The molecule has 17 heavy (non-hydrogen) atoms. The molecule has 1 rings (SSSR count). The molecular formula is C14H17ClO2. The topological polar surface area (TPSA) is 26.3 Å². The lowest BCUT2D eigenvalue weighted by atomic mass is 9.98. The van der Waals surface area contributed by atoms with Crippen LogP contribution in [0.25, 0.3) is 0 Å². The summed E-state index contributed by atoms with van der Waals surface area (Å²) >= 11 is 5.48. The van der Waals surface area contributed by atoms with Gasteiger partial charge in [0, 0.05) is 0 Å². The van der Waals surface area contributed by atoms with Crippen molar-refractivity contribution < 1.29 is 9.53 Å². The Labute approximate surface area is 107 Å². The maximum atomic E-state index is 11.3. The van der Waals surface area contributed by atoms with E-state index < -0.39 is 11.6 Å². The van der Waals surface area contributed by atoms with Gasteiger partial charge in [0.15, 0.2) is 0 Å². The molecule has 92 valence electrons. The van der Waals surface area contributed by atoms with Crippen molar-refractivity contribution in [2.75, 3.05) is 0 Å². The molecule has 1 aromatic rings. The third-order valence-corrected chi connectivity index (χ3v) is 2.60. The molecule has 0 amide bonds. The van der Waals surface area contributed by atoms with Gasteiger partial charge in [0.25, 0.3) is 0 Å². The molecule has 2 nitrogen and oxygen atoms in total. The SMILES string of the molecule is C=C(Cl)C(=O)OC(C)(C)CCc1ccccc1. The molecule has 3 heteroatoms. The van der Waals surface area contributed by atoms with Crippen LogP contribution in [-0.2, 0) is 16.0 Å². The fourth-order valence-electron chi connectivity index (χ4n) is 1.45. The Morgan fingerprint density at radius 2 is 1.94 bits per heavy atom. The predicted octanol–water partition coefficient (Wildman–Crippen LogP) is 3.69. The highest BCUT2D eigenvalue weighted by Gasteiger charge is 2.23. The van der Waals surface area contributed by atoms with Crippen LogP contribution >= 0.6 is 11.6 Å². The molecule has 0 radical (unpaired) electrons. The molecule has 0 N–H and O–H groups in total. The van der Waals surface area contributed by atoms with E-state index in [0.717, 1.165) is 12.8 Å². The molecule has 0 heterocycles. The Kier molecular flexibility index (Phi) is 4.76. The summed E-state index contributed by atoms with van der Waals surface area (Å²) in [6.45, 7) is 7.09. The normalized spacial score (nSPS) is 11.0. The average Bonchev–Trinajstić information content (AvgIpc) is 2.27. The molecule has 0 fully saturated rings. The predicted molar refractivity (Wildman–Crippen MR) is 69.9 cm³/mol. The maximum absolute atomic E-state index is 11.3. The molecule has 0 unspecified atom stereocenters. The summed E-state index contributed by atoms with van der Waals surface area (Å²) < 4.78 is 5.25. The number of ether oxygens (including phenoxy) is 1. The van der Waals surface area contributed by atoms with E-state index in [4.69, 9.17) is 16.3 Å². The molecular weight excluding hydrogens is 236 g/mol. The number of carbonyl (C=O) groups excluding carboxylic acids is 1. The van der Waals surface area contributed by atoms with Crippen molar-refractivity contribution in [2.24, 2.45) is 0 Å². The number of halogens is 1. The number of hydrogen-bond acceptors (Lipinski definition) is 2. The fourth-order valence-corrected chi connectivity index (χ4v) is 1.49. The molecule has 0 saturated carbocycles. The second-order valence-electron chi connectivity index (χ2n) is 4.54. The van der Waals surface area contributed by atoms with E-state index in [9.17, 15) is 4.79 Å². The minimum atomic E-state index is -0.551. The standard InChI is InChI=1S/C14H17ClO2/c1-11(15)13(16)17-14(2,3)10-9-12-7-5-4-6-8-12/h4-8H,1,9-10H2,2-3H3. The van der Waals surface area contributed by atoms with Gasteiger partial charge in [0.2, 0.25) is 0 Å². The van der Waals surface area contributed by atoms with Gasteiger partial charge in [-0.05, 0) is 32.3 Å². The van der Waals surface area contributed by atoms with Gasteiger partial charge in [-0.15, -0.1) is 0 Å². The van der Waals surface area contributed by atoms with E-state index in [1.54, 1.807) is 0 Å². The summed E-state index contributed by atoms with van der Waals surface area (Å²) in [5.41, 5.74) is 0.686. The first-order valence-corrected chi connectivity index (χ1v) is 5.90. The zero-order valence-electron chi connectivity index (χ0n) is 10.2. The molecule has 0 atom stereocenters. The summed E-state index contributed by atoms with van der Waals surface area (Å²) in [6.07, 6.45) is 1.60. The minimum absolute atomic E-state index is 0.0854. The van der Waals surface area contributed by atoms with Gasteiger partial charge < -0.3 is 4.74 Å². The largest absolute Gasteiger partial charge is 0.455 e. The van der Waals surface area contributed by atoms with Crippen LogP contribution in [0, 0.1) is 0 Å². The van der Waals surface area contributed by atoms with Gasteiger partial charge in [-0.1, -0.05) is 48.5 Å². The van der Waals surface area contributed by atoms with Gasteiger partial charge >= 0.3 is 5.97 Å². The lowest BCUT2D eigenvalue weighted by Gasteiger charge is -2.24. The van der Waals surface area contributed by atoms with Gasteiger partial charge in [-0.2, -0.15) is 0 Å². The van der Waals surface area contributed by atoms with E-state index in [0.29, 0.717) is 0 Å². The van der Waals surface area contributed by atoms with Crippen molar-refractivity contribution in [3.63, 3.8) is 0 Å². The number of hydrogen-bond donors (Lipinski definition) is 0. The summed E-state index contributed by atoms with van der Waals surface area (Å²) in [6, 6.07) is 10.1. The molecule has 0 aliphatic rings. The second kappa shape index (κ2) is 5.87.